The second kappa shape index (κ2) is 2.49. The number of allylic oxidation sites excluding steroid dienone is 1. The first-order valence-corrected chi connectivity index (χ1v) is 3.51. The Morgan fingerprint density at radius 3 is 2.55 bits per heavy atom. The highest BCUT2D eigenvalue weighted by molar-refractivity contribution is 6.04. The van der Waals surface area contributed by atoms with E-state index >= 15 is 0 Å². The van der Waals surface area contributed by atoms with Crippen molar-refractivity contribution in [3.05, 3.63) is 12.2 Å². The van der Waals surface area contributed by atoms with E-state index in [9.17, 15) is 4.79 Å². The van der Waals surface area contributed by atoms with Crippen molar-refractivity contribution < 1.29 is 9.53 Å². The van der Waals surface area contributed by atoms with Crippen LogP contribution in [0.15, 0.2) is 17.1 Å². The van der Waals surface area contributed by atoms with Gasteiger partial charge >= 0.3 is 5.97 Å². The highest BCUT2D eigenvalue weighted by Gasteiger charge is 2.35. The Labute approximate surface area is 65.8 Å². The predicted octanol–water partition coefficient (Wildman–Crippen LogP) is 1.30. The van der Waals surface area contributed by atoms with Gasteiger partial charge in [-0.25, -0.2) is 9.79 Å². The molecule has 0 amide bonds. The van der Waals surface area contributed by atoms with E-state index in [1.54, 1.807) is 26.0 Å². The van der Waals surface area contributed by atoms with Gasteiger partial charge in [0.25, 0.3) is 0 Å². The van der Waals surface area contributed by atoms with Gasteiger partial charge in [-0.1, -0.05) is 6.08 Å². The molecule has 0 unspecified atom stereocenters. The summed E-state index contributed by atoms with van der Waals surface area (Å²) in [6, 6.07) is 0. The lowest BCUT2D eigenvalue weighted by atomic mass is 10.1. The molecule has 0 aromatic carbocycles. The predicted molar refractivity (Wildman–Crippen MR) is 42.4 cm³/mol. The largest absolute Gasteiger partial charge is 0.406 e. The van der Waals surface area contributed by atoms with Crippen LogP contribution >= 0.6 is 0 Å². The van der Waals surface area contributed by atoms with Crippen LogP contribution in [0, 0.1) is 0 Å². The minimum absolute atomic E-state index is 0.286. The van der Waals surface area contributed by atoms with Crippen LogP contribution in [0.2, 0.25) is 0 Å². The van der Waals surface area contributed by atoms with Crippen molar-refractivity contribution >= 4 is 11.9 Å². The first-order chi connectivity index (χ1) is 5.06. The molecule has 60 valence electrons. The molecule has 3 nitrogen and oxygen atoms in total. The minimum Gasteiger partial charge on any atom is -0.406 e. The Morgan fingerprint density at radius 1 is 1.55 bits per heavy atom. The number of carbonyl (C=O) groups is 1. The van der Waals surface area contributed by atoms with E-state index in [4.69, 9.17) is 4.74 Å². The van der Waals surface area contributed by atoms with Crippen LogP contribution < -0.4 is 0 Å². The molecule has 0 fully saturated rings. The van der Waals surface area contributed by atoms with Crippen LogP contribution in [0.25, 0.3) is 0 Å². The molecule has 0 saturated carbocycles. The van der Waals surface area contributed by atoms with Crippen LogP contribution in [0.3, 0.4) is 0 Å². The average Bonchev–Trinajstić information content (AvgIpc) is 2.08. The van der Waals surface area contributed by atoms with E-state index in [0.29, 0.717) is 5.90 Å². The van der Waals surface area contributed by atoms with Crippen LogP contribution in [0.5, 0.6) is 0 Å². The van der Waals surface area contributed by atoms with Gasteiger partial charge in [0.2, 0.25) is 5.90 Å². The van der Waals surface area contributed by atoms with Crippen LogP contribution in [0.4, 0.5) is 0 Å². The second-order valence-electron chi connectivity index (χ2n) is 2.90. The van der Waals surface area contributed by atoms with Crippen molar-refractivity contribution in [2.24, 2.45) is 4.99 Å². The maximum absolute atomic E-state index is 11.0. The minimum atomic E-state index is -0.700. The highest BCUT2D eigenvalue weighted by atomic mass is 16.6. The zero-order chi connectivity index (χ0) is 8.48. The fraction of sp³-hybridized carbons (Fsp3) is 0.500. The Kier molecular flexibility index (Phi) is 1.81. The summed E-state index contributed by atoms with van der Waals surface area (Å²) in [6.07, 6.45) is 3.46. The first kappa shape index (κ1) is 7.98. The lowest BCUT2D eigenvalue weighted by Gasteiger charge is -2.05. The molecule has 0 radical (unpaired) electrons. The summed E-state index contributed by atoms with van der Waals surface area (Å²) < 4.78 is 4.84. The van der Waals surface area contributed by atoms with Crippen LogP contribution in [0.1, 0.15) is 20.8 Å². The van der Waals surface area contributed by atoms with Crippen LogP contribution in [-0.2, 0) is 9.53 Å². The summed E-state index contributed by atoms with van der Waals surface area (Å²) in [5.41, 5.74) is -0.700. The molecule has 0 atom stereocenters. The molecule has 1 aliphatic heterocycles. The summed E-state index contributed by atoms with van der Waals surface area (Å²) in [7, 11) is 0. The highest BCUT2D eigenvalue weighted by Crippen LogP contribution is 2.18. The number of hydrogen-bond acceptors (Lipinski definition) is 3. The van der Waals surface area contributed by atoms with Crippen LogP contribution in [-0.4, -0.2) is 17.4 Å². The molecule has 11 heavy (non-hydrogen) atoms. The maximum atomic E-state index is 11.0. The van der Waals surface area contributed by atoms with Crippen molar-refractivity contribution in [2.75, 3.05) is 0 Å². The standard InChI is InChI=1S/C8H11NO2/c1-4-5-6-9-8(2,3)7(10)11-6/h4-5H,1-3H3/b5-4-. The van der Waals surface area contributed by atoms with E-state index in [1.165, 1.54) is 0 Å². The number of hydrogen-bond donors (Lipinski definition) is 0. The second-order valence-corrected chi connectivity index (χ2v) is 2.90. The smallest absolute Gasteiger partial charge is 0.340 e. The topological polar surface area (TPSA) is 38.7 Å². The molecule has 0 aromatic rings. The molecule has 0 bridgehead atoms. The number of ether oxygens (including phenoxy) is 1. The summed E-state index contributed by atoms with van der Waals surface area (Å²) in [5.74, 6) is 0.119. The lowest BCUT2D eigenvalue weighted by Crippen LogP contribution is -2.25. The van der Waals surface area contributed by atoms with Crippen molar-refractivity contribution in [2.45, 2.75) is 26.3 Å². The van der Waals surface area contributed by atoms with Gasteiger partial charge in [0, 0.05) is 0 Å². The Balaban J connectivity index is 2.84. The van der Waals surface area contributed by atoms with Crippen molar-refractivity contribution in [1.29, 1.82) is 0 Å². The van der Waals surface area contributed by atoms with Crippen molar-refractivity contribution in [3.63, 3.8) is 0 Å². The van der Waals surface area contributed by atoms with E-state index < -0.39 is 5.54 Å². The van der Waals surface area contributed by atoms with Gasteiger partial charge in [-0.3, -0.25) is 0 Å². The number of cyclic esters (lactones) is 1. The third kappa shape index (κ3) is 1.48. The van der Waals surface area contributed by atoms with E-state index in [1.807, 2.05) is 6.92 Å². The molecule has 3 heteroatoms. The van der Waals surface area contributed by atoms with Gasteiger partial charge in [-0.2, -0.15) is 0 Å². The summed E-state index contributed by atoms with van der Waals surface area (Å²) in [6.45, 7) is 5.30. The van der Waals surface area contributed by atoms with E-state index in [0.717, 1.165) is 0 Å². The number of aliphatic imine (C=N–C) groups is 1. The van der Waals surface area contributed by atoms with Gasteiger partial charge < -0.3 is 4.74 Å². The van der Waals surface area contributed by atoms with Gasteiger partial charge in [0.1, 0.15) is 0 Å². The van der Waals surface area contributed by atoms with E-state index in [-0.39, 0.29) is 5.97 Å². The molecule has 0 saturated heterocycles. The molecule has 0 spiro atoms. The molecule has 1 heterocycles. The Bertz CT molecular complexity index is 238. The number of carbonyl (C=O) groups excluding carboxylic acids is 1. The molecule has 1 rings (SSSR count). The molecule has 1 aliphatic rings. The number of nitrogens with zero attached hydrogens (tertiary/aromatic N) is 1. The molecular formula is C8H11NO2. The fourth-order valence-electron chi connectivity index (χ4n) is 0.778. The maximum Gasteiger partial charge on any atom is 0.340 e. The van der Waals surface area contributed by atoms with E-state index in [2.05, 4.69) is 4.99 Å². The van der Waals surface area contributed by atoms with Gasteiger partial charge in [0.15, 0.2) is 5.54 Å². The fourth-order valence-corrected chi connectivity index (χ4v) is 0.778. The van der Waals surface area contributed by atoms with Gasteiger partial charge in [-0.15, -0.1) is 0 Å². The number of esters is 1. The lowest BCUT2D eigenvalue weighted by molar-refractivity contribution is -0.137. The zero-order valence-electron chi connectivity index (χ0n) is 6.92. The Hall–Kier alpha value is -1.12. The molecule has 0 N–H and O–H groups in total. The third-order valence-corrected chi connectivity index (χ3v) is 1.40. The van der Waals surface area contributed by atoms with Gasteiger partial charge in [-0.05, 0) is 26.8 Å². The summed E-state index contributed by atoms with van der Waals surface area (Å²) in [4.78, 5) is 15.1. The summed E-state index contributed by atoms with van der Waals surface area (Å²) >= 11 is 0. The average molecular weight is 153 g/mol. The Morgan fingerprint density at radius 2 is 2.18 bits per heavy atom. The monoisotopic (exact) mass is 153 g/mol. The molecule has 0 aromatic heterocycles. The van der Waals surface area contributed by atoms with Crippen molar-refractivity contribution in [3.8, 4) is 0 Å². The summed E-state index contributed by atoms with van der Waals surface area (Å²) in [5, 5.41) is 0. The quantitative estimate of drug-likeness (QED) is 0.532. The SMILES string of the molecule is C/C=C\C1=NC(C)(C)C(=O)O1. The number of rotatable bonds is 1. The first-order valence-electron chi connectivity index (χ1n) is 3.51. The molecular weight excluding hydrogens is 142 g/mol. The van der Waals surface area contributed by atoms with Crippen molar-refractivity contribution in [1.82, 2.24) is 0 Å². The van der Waals surface area contributed by atoms with Gasteiger partial charge in [0.05, 0.1) is 0 Å². The molecule has 0 aliphatic carbocycles. The zero-order valence-corrected chi connectivity index (χ0v) is 6.92. The normalized spacial score (nSPS) is 22.1. The third-order valence-electron chi connectivity index (χ3n) is 1.40.